The van der Waals surface area contributed by atoms with Gasteiger partial charge in [-0.25, -0.2) is 17.9 Å². The van der Waals surface area contributed by atoms with Gasteiger partial charge in [0.15, 0.2) is 0 Å². The van der Waals surface area contributed by atoms with Crippen LogP contribution in [0.3, 0.4) is 0 Å². The van der Waals surface area contributed by atoms with Crippen molar-refractivity contribution in [2.24, 2.45) is 0 Å². The maximum Gasteiger partial charge on any atom is 0.328 e. The van der Waals surface area contributed by atoms with Crippen LogP contribution in [0.1, 0.15) is 61.0 Å². The first-order valence-corrected chi connectivity index (χ1v) is 12.6. The second-order valence-corrected chi connectivity index (χ2v) is 10.1. The predicted octanol–water partition coefficient (Wildman–Crippen LogP) is 4.16. The number of ether oxygens (including phenoxy) is 1. The van der Waals surface area contributed by atoms with Gasteiger partial charge in [-0.1, -0.05) is 43.0 Å². The number of sulfonamides is 1. The molecule has 0 aromatic heterocycles. The van der Waals surface area contributed by atoms with Crippen molar-refractivity contribution >= 4 is 33.6 Å². The Morgan fingerprint density at radius 3 is 2.36 bits per heavy atom. The van der Waals surface area contributed by atoms with Gasteiger partial charge in [0.2, 0.25) is 0 Å². The van der Waals surface area contributed by atoms with E-state index in [1.165, 1.54) is 25.3 Å². The minimum absolute atomic E-state index is 0.00101. The van der Waals surface area contributed by atoms with Gasteiger partial charge in [0.25, 0.3) is 15.9 Å². The number of hydrogen-bond acceptors (Lipinski definition) is 5. The number of carbonyl (C=O) groups excluding carboxylic acids is 2. The molecule has 3 amide bonds. The molecule has 0 heterocycles. The molecule has 178 valence electrons. The van der Waals surface area contributed by atoms with Crippen LogP contribution in [-0.2, 0) is 10.0 Å². The van der Waals surface area contributed by atoms with Gasteiger partial charge >= 0.3 is 6.03 Å². The molecule has 2 aromatic carbocycles. The molecule has 3 N–H and O–H groups in total. The number of urea groups is 1. The summed E-state index contributed by atoms with van der Waals surface area (Å²) in [5, 5.41) is 5.98. The molecule has 8 nitrogen and oxygen atoms in total. The van der Waals surface area contributed by atoms with E-state index in [4.69, 9.17) is 16.3 Å². The Hall–Kier alpha value is -2.78. The van der Waals surface area contributed by atoms with Gasteiger partial charge in [-0.2, -0.15) is 0 Å². The average Bonchev–Trinajstić information content (AvgIpc) is 2.79. The third-order valence-electron chi connectivity index (χ3n) is 5.61. The first kappa shape index (κ1) is 24.9. The van der Waals surface area contributed by atoms with E-state index in [1.807, 2.05) is 0 Å². The summed E-state index contributed by atoms with van der Waals surface area (Å²) in [4.78, 5) is 24.8. The van der Waals surface area contributed by atoms with Crippen molar-refractivity contribution in [1.29, 1.82) is 0 Å². The van der Waals surface area contributed by atoms with Crippen LogP contribution in [0.2, 0.25) is 5.02 Å². The summed E-state index contributed by atoms with van der Waals surface area (Å²) in [6, 6.07) is 9.59. The Morgan fingerprint density at radius 2 is 1.73 bits per heavy atom. The van der Waals surface area contributed by atoms with Crippen molar-refractivity contribution in [3.8, 4) is 5.75 Å². The minimum Gasteiger partial charge on any atom is -0.496 e. The van der Waals surface area contributed by atoms with Crippen molar-refractivity contribution in [2.75, 3.05) is 7.11 Å². The van der Waals surface area contributed by atoms with Crippen molar-refractivity contribution in [3.05, 3.63) is 58.6 Å². The van der Waals surface area contributed by atoms with Gasteiger partial charge < -0.3 is 15.4 Å². The fraction of sp³-hybridized carbons (Fsp3) is 0.391. The van der Waals surface area contributed by atoms with E-state index in [-0.39, 0.29) is 16.8 Å². The number of methoxy groups -OCH3 is 1. The Labute approximate surface area is 199 Å². The molecule has 10 heteroatoms. The smallest absolute Gasteiger partial charge is 0.328 e. The van der Waals surface area contributed by atoms with E-state index < -0.39 is 22.1 Å². The summed E-state index contributed by atoms with van der Waals surface area (Å²) in [7, 11) is -2.55. The highest BCUT2D eigenvalue weighted by Crippen LogP contribution is 2.24. The molecule has 0 unspecified atom stereocenters. The maximum atomic E-state index is 12.7. The van der Waals surface area contributed by atoms with Gasteiger partial charge in [-0.05, 0) is 55.7 Å². The fourth-order valence-electron chi connectivity index (χ4n) is 3.79. The normalized spacial score (nSPS) is 15.4. The Kier molecular flexibility index (Phi) is 8.20. The van der Waals surface area contributed by atoms with Crippen LogP contribution in [0.5, 0.6) is 5.75 Å². The monoisotopic (exact) mass is 493 g/mol. The third kappa shape index (κ3) is 6.61. The molecule has 0 spiro atoms. The lowest BCUT2D eigenvalue weighted by molar-refractivity contribution is 0.0936. The minimum atomic E-state index is -4.01. The molecule has 0 aliphatic heterocycles. The second-order valence-electron chi connectivity index (χ2n) is 8.02. The average molecular weight is 494 g/mol. The van der Waals surface area contributed by atoms with Gasteiger partial charge in [0.05, 0.1) is 23.6 Å². The standard InChI is InChI=1S/C23H28ClN3O5S/c1-15(25-22(28)20-14-17(24)10-13-21(20)32-2)16-8-11-19(12-9-16)33(30,31)27-23(29)26-18-6-4-3-5-7-18/h8-15,18H,3-7H2,1-2H3,(H,25,28)(H2,26,27,29)/t15-/m0/s1. The number of rotatable bonds is 7. The summed E-state index contributed by atoms with van der Waals surface area (Å²) in [6.45, 7) is 1.77. The van der Waals surface area contributed by atoms with Crippen LogP contribution in [0, 0.1) is 0 Å². The Morgan fingerprint density at radius 1 is 1.06 bits per heavy atom. The largest absolute Gasteiger partial charge is 0.496 e. The molecule has 3 rings (SSSR count). The van der Waals surface area contributed by atoms with Crippen molar-refractivity contribution < 1.29 is 22.7 Å². The lowest BCUT2D eigenvalue weighted by Crippen LogP contribution is -2.45. The molecule has 0 radical (unpaired) electrons. The zero-order valence-corrected chi connectivity index (χ0v) is 20.1. The Balaban J connectivity index is 1.63. The molecule has 1 saturated carbocycles. The van der Waals surface area contributed by atoms with Crippen molar-refractivity contribution in [3.63, 3.8) is 0 Å². The lowest BCUT2D eigenvalue weighted by atomic mass is 9.96. The SMILES string of the molecule is COc1ccc(Cl)cc1C(=O)N[C@@H](C)c1ccc(S(=O)(=O)NC(=O)NC2CCCCC2)cc1. The van der Waals surface area contributed by atoms with Crippen molar-refractivity contribution in [1.82, 2.24) is 15.4 Å². The topological polar surface area (TPSA) is 114 Å². The molecule has 2 aromatic rings. The maximum absolute atomic E-state index is 12.7. The fourth-order valence-corrected chi connectivity index (χ4v) is 4.88. The van der Waals surface area contributed by atoms with E-state index in [0.29, 0.717) is 21.9 Å². The highest BCUT2D eigenvalue weighted by Gasteiger charge is 2.22. The zero-order valence-electron chi connectivity index (χ0n) is 18.6. The number of hydrogen-bond donors (Lipinski definition) is 3. The number of benzene rings is 2. The van der Waals surface area contributed by atoms with Crippen LogP contribution in [0.15, 0.2) is 47.4 Å². The molecule has 1 fully saturated rings. The van der Waals surface area contributed by atoms with Gasteiger partial charge in [-0.15, -0.1) is 0 Å². The number of halogens is 1. The van der Waals surface area contributed by atoms with Crippen LogP contribution >= 0.6 is 11.6 Å². The van der Waals surface area contributed by atoms with Gasteiger partial charge in [-0.3, -0.25) is 4.79 Å². The predicted molar refractivity (Wildman–Crippen MR) is 126 cm³/mol. The molecule has 0 bridgehead atoms. The Bertz CT molecular complexity index is 1100. The summed E-state index contributed by atoms with van der Waals surface area (Å²) in [6.07, 6.45) is 4.89. The quantitative estimate of drug-likeness (QED) is 0.536. The first-order chi connectivity index (χ1) is 15.7. The summed E-state index contributed by atoms with van der Waals surface area (Å²) in [5.74, 6) is 0.0164. The zero-order chi connectivity index (χ0) is 24.0. The highest BCUT2D eigenvalue weighted by atomic mass is 35.5. The first-order valence-electron chi connectivity index (χ1n) is 10.8. The van der Waals surface area contributed by atoms with E-state index in [1.54, 1.807) is 31.2 Å². The van der Waals surface area contributed by atoms with Crippen LogP contribution in [0.25, 0.3) is 0 Å². The summed E-state index contributed by atoms with van der Waals surface area (Å²) in [5.41, 5.74) is 0.985. The molecule has 1 aliphatic rings. The summed E-state index contributed by atoms with van der Waals surface area (Å²) >= 11 is 6.00. The van der Waals surface area contributed by atoms with E-state index in [0.717, 1.165) is 32.1 Å². The van der Waals surface area contributed by atoms with Crippen LogP contribution in [0.4, 0.5) is 4.79 Å². The lowest BCUT2D eigenvalue weighted by Gasteiger charge is -2.22. The molecule has 1 atom stereocenters. The molecule has 1 aliphatic carbocycles. The third-order valence-corrected chi connectivity index (χ3v) is 7.19. The second kappa shape index (κ2) is 10.9. The molecular weight excluding hydrogens is 466 g/mol. The van der Waals surface area contributed by atoms with E-state index in [2.05, 4.69) is 15.4 Å². The van der Waals surface area contributed by atoms with Crippen molar-refractivity contribution in [2.45, 2.75) is 56.0 Å². The molecular formula is C23H28ClN3O5S. The van der Waals surface area contributed by atoms with Gasteiger partial charge in [0.1, 0.15) is 5.75 Å². The van der Waals surface area contributed by atoms with E-state index in [9.17, 15) is 18.0 Å². The number of amides is 3. The number of nitrogens with one attached hydrogen (secondary N) is 3. The number of carbonyl (C=O) groups is 2. The molecule has 0 saturated heterocycles. The van der Waals surface area contributed by atoms with Crippen LogP contribution < -0.4 is 20.1 Å². The summed E-state index contributed by atoms with van der Waals surface area (Å²) < 4.78 is 32.4. The van der Waals surface area contributed by atoms with Gasteiger partial charge in [0, 0.05) is 11.1 Å². The highest BCUT2D eigenvalue weighted by molar-refractivity contribution is 7.90. The van der Waals surface area contributed by atoms with Crippen LogP contribution in [-0.4, -0.2) is 33.5 Å². The van der Waals surface area contributed by atoms with E-state index >= 15 is 0 Å². The molecule has 33 heavy (non-hydrogen) atoms.